The van der Waals surface area contributed by atoms with Gasteiger partial charge in [0.15, 0.2) is 5.66 Å². The van der Waals surface area contributed by atoms with Gasteiger partial charge in [-0.15, -0.1) is 35.3 Å². The molecule has 6 rings (SSSR count). The number of nitrogens with zero attached hydrogens (tertiary/aromatic N) is 6. The number of carbonyl (C=O) groups is 3. The number of pyridine rings is 1. The smallest absolute Gasteiger partial charge is 0.339 e. The van der Waals surface area contributed by atoms with Crippen LogP contribution in [0, 0.1) is 0 Å². The number of oxime groups is 3. The summed E-state index contributed by atoms with van der Waals surface area (Å²) in [4.78, 5) is 97.6. The Balaban J connectivity index is 1.21. The standard InChI is InChI=1S/C55H73N11O16S3/c1-8-12-39(59-51(71)54(7)30-84-48(62-54)33(4)65-74)42-23-35(24-45(68)81-42)13-10-11-14-38(58-50(70)53(6)29-83-47(61-53)32(3)64-73)41-25-36(27-44(67)57-41)79-16-15-40(60-52(72)55(56)31-85-49(63-55)34(5)66-75)43-26-37(28-46(69)82-43)80-22-21-78-20-19-77-18-17-76-9-2/h10,13,23-28,38-40,73-75H,8-9,11-12,14-22,29-31,56H2,1-7H3,(H,57,67)(H,58,70)(H,59,71)(H,60,72)/b13-10+,64-32+,65-33+,66-34+/t38-,39-,40-,53+,54+,55+/m1/s1. The number of aliphatic imine (C=N–C) groups is 3. The van der Waals surface area contributed by atoms with E-state index < -0.39 is 69.4 Å². The molecule has 0 fully saturated rings. The second kappa shape index (κ2) is 31.9. The van der Waals surface area contributed by atoms with Crippen LogP contribution in [0.25, 0.3) is 6.08 Å². The number of aromatic amines is 1. The number of ether oxygens (including phenoxy) is 5. The van der Waals surface area contributed by atoms with Crippen LogP contribution in [0.2, 0.25) is 0 Å². The Kier molecular flexibility index (Phi) is 25.1. The minimum absolute atomic E-state index is 0.00771. The van der Waals surface area contributed by atoms with E-state index in [1.165, 1.54) is 54.7 Å². The summed E-state index contributed by atoms with van der Waals surface area (Å²) in [6, 6.07) is 5.61. The van der Waals surface area contributed by atoms with Crippen molar-refractivity contribution in [1.82, 2.24) is 20.9 Å². The maximum atomic E-state index is 14.2. The average molecular weight is 1240 g/mol. The molecular weight excluding hydrogens is 1170 g/mol. The summed E-state index contributed by atoms with van der Waals surface area (Å²) in [6.07, 6.45) is 4.94. The van der Waals surface area contributed by atoms with Gasteiger partial charge in [-0.25, -0.2) is 14.6 Å². The van der Waals surface area contributed by atoms with Gasteiger partial charge in [-0.2, -0.15) is 0 Å². The molecule has 0 saturated heterocycles. The number of rotatable bonds is 33. The van der Waals surface area contributed by atoms with E-state index in [1.54, 1.807) is 45.9 Å². The lowest BCUT2D eigenvalue weighted by atomic mass is 10.0. The number of amides is 3. The quantitative estimate of drug-likeness (QED) is 0.0170. The summed E-state index contributed by atoms with van der Waals surface area (Å²) in [5.41, 5.74) is 1.58. The van der Waals surface area contributed by atoms with Crippen LogP contribution in [0.4, 0.5) is 0 Å². The average Bonchev–Trinajstić information content (AvgIpc) is 4.19. The van der Waals surface area contributed by atoms with E-state index in [0.717, 1.165) is 17.8 Å². The predicted octanol–water partition coefficient (Wildman–Crippen LogP) is 5.12. The van der Waals surface area contributed by atoms with Crippen LogP contribution in [0.5, 0.6) is 11.5 Å². The van der Waals surface area contributed by atoms with Gasteiger partial charge in [0.2, 0.25) is 11.8 Å². The topological polar surface area (TPSA) is 388 Å². The van der Waals surface area contributed by atoms with Gasteiger partial charge in [0.05, 0.1) is 63.8 Å². The van der Waals surface area contributed by atoms with Gasteiger partial charge in [0.1, 0.15) is 73.0 Å². The highest BCUT2D eigenvalue weighted by molar-refractivity contribution is 8.16. The van der Waals surface area contributed by atoms with Crippen LogP contribution < -0.4 is 48.0 Å². The number of aromatic nitrogens is 1. The van der Waals surface area contributed by atoms with Gasteiger partial charge in [0.25, 0.3) is 11.5 Å². The molecule has 0 radical (unpaired) electrons. The van der Waals surface area contributed by atoms with E-state index in [9.17, 15) is 44.4 Å². The Morgan fingerprint density at radius 2 is 1.15 bits per heavy atom. The van der Waals surface area contributed by atoms with Crippen molar-refractivity contribution in [2.45, 2.75) is 115 Å². The number of nitrogens with two attached hydrogens (primary N) is 1. The molecule has 3 aromatic heterocycles. The highest BCUT2D eigenvalue weighted by atomic mass is 32.2. The van der Waals surface area contributed by atoms with E-state index in [-0.39, 0.29) is 101 Å². The van der Waals surface area contributed by atoms with Crippen molar-refractivity contribution in [2.24, 2.45) is 36.2 Å². The first-order valence-electron chi connectivity index (χ1n) is 27.3. The molecule has 0 unspecified atom stereocenters. The van der Waals surface area contributed by atoms with Crippen molar-refractivity contribution in [3.63, 3.8) is 0 Å². The van der Waals surface area contributed by atoms with E-state index in [0.29, 0.717) is 67.3 Å². The molecule has 85 heavy (non-hydrogen) atoms. The number of carbonyl (C=O) groups excluding carboxylic acids is 3. The molecule has 6 atom stereocenters. The summed E-state index contributed by atoms with van der Waals surface area (Å²) < 4.78 is 39.6. The van der Waals surface area contributed by atoms with Gasteiger partial charge in [-0.05, 0) is 72.4 Å². The Morgan fingerprint density at radius 3 is 1.75 bits per heavy atom. The molecule has 462 valence electrons. The van der Waals surface area contributed by atoms with Crippen LogP contribution in [-0.2, 0) is 28.6 Å². The molecule has 27 nitrogen and oxygen atoms in total. The first-order chi connectivity index (χ1) is 40.6. The van der Waals surface area contributed by atoms with E-state index in [4.69, 9.17) is 38.3 Å². The summed E-state index contributed by atoms with van der Waals surface area (Å²) >= 11 is 3.65. The van der Waals surface area contributed by atoms with Gasteiger partial charge < -0.3 is 69.1 Å². The van der Waals surface area contributed by atoms with Gasteiger partial charge in [0, 0.05) is 60.2 Å². The molecule has 0 aromatic carbocycles. The minimum atomic E-state index is -1.81. The van der Waals surface area contributed by atoms with Gasteiger partial charge in [-0.3, -0.25) is 34.9 Å². The van der Waals surface area contributed by atoms with Crippen molar-refractivity contribution < 1.29 is 62.5 Å². The zero-order chi connectivity index (χ0) is 61.7. The van der Waals surface area contributed by atoms with Crippen LogP contribution in [0.1, 0.15) is 121 Å². The third-order valence-corrected chi connectivity index (χ3v) is 17.2. The maximum absolute atomic E-state index is 14.2. The van der Waals surface area contributed by atoms with E-state index in [1.807, 2.05) is 13.8 Å². The lowest BCUT2D eigenvalue weighted by molar-refractivity contribution is -0.126. The monoisotopic (exact) mass is 1240 g/mol. The van der Waals surface area contributed by atoms with Crippen molar-refractivity contribution in [1.29, 1.82) is 0 Å². The third-order valence-electron chi connectivity index (χ3n) is 13.2. The van der Waals surface area contributed by atoms with E-state index >= 15 is 0 Å². The Hall–Kier alpha value is -7.09. The summed E-state index contributed by atoms with van der Waals surface area (Å²) in [7, 11) is 0. The van der Waals surface area contributed by atoms with Crippen molar-refractivity contribution in [3.05, 3.63) is 96.4 Å². The molecule has 3 aromatic rings. The SMILES string of the molecule is CCC[C@@H](NC(=O)[C@]1(C)CSC(/C(C)=N/O)=N1)c1cc(/C=C/CC[C@@H](NC(=O)[C@]2(C)CSC(/C(C)=N/O)=N2)c2cc(OCC[C@@H](NC(=O)[C@]3(N)CSC(/C(C)=N/O)=N3)c3cc(OCCOCCOCCOCC)cc(=O)o3)cc(=O)[nH]2)cc(=O)o1. The zero-order valence-electron chi connectivity index (χ0n) is 48.3. The molecule has 3 amide bonds. The van der Waals surface area contributed by atoms with Gasteiger partial charge >= 0.3 is 11.3 Å². The number of allylic oxidation sites excluding steroid dienone is 1. The van der Waals surface area contributed by atoms with Crippen LogP contribution in [0.15, 0.2) is 96.1 Å². The third kappa shape index (κ3) is 19.2. The first kappa shape index (κ1) is 67.0. The highest BCUT2D eigenvalue weighted by Crippen LogP contribution is 2.33. The fourth-order valence-electron chi connectivity index (χ4n) is 8.43. The number of nitrogens with one attached hydrogen (secondary N) is 4. The molecule has 0 aliphatic carbocycles. The van der Waals surface area contributed by atoms with E-state index in [2.05, 4.69) is 51.4 Å². The molecule has 3 aliphatic heterocycles. The maximum Gasteiger partial charge on any atom is 0.339 e. The molecular formula is C55H73N11O16S3. The molecule has 9 N–H and O–H groups in total. The summed E-state index contributed by atoms with van der Waals surface area (Å²) in [6.45, 7) is 13.9. The lowest BCUT2D eigenvalue weighted by Crippen LogP contribution is -2.54. The van der Waals surface area contributed by atoms with Crippen LogP contribution in [-0.4, -0.2) is 157 Å². The second-order valence-electron chi connectivity index (χ2n) is 20.2. The molecule has 0 saturated carbocycles. The number of thioether (sulfide) groups is 3. The Bertz CT molecular complexity index is 3250. The molecule has 0 spiro atoms. The summed E-state index contributed by atoms with van der Waals surface area (Å²) in [5.74, 6) is -0.724. The fourth-order valence-corrected chi connectivity index (χ4v) is 11.7. The number of hydrogen-bond acceptors (Lipinski definition) is 26. The normalized spacial score (nSPS) is 21.0. The Labute approximate surface area is 502 Å². The van der Waals surface area contributed by atoms with Crippen LogP contribution >= 0.6 is 35.3 Å². The lowest BCUT2D eigenvalue weighted by Gasteiger charge is -2.25. The van der Waals surface area contributed by atoms with Crippen molar-refractivity contribution in [2.75, 3.05) is 70.1 Å². The molecule has 30 heteroatoms. The fraction of sp³-hybridized carbons (Fsp3) is 0.527. The Morgan fingerprint density at radius 1 is 0.647 bits per heavy atom. The van der Waals surface area contributed by atoms with Crippen molar-refractivity contribution >= 4 is 91.3 Å². The second-order valence-corrected chi connectivity index (χ2v) is 23.1. The van der Waals surface area contributed by atoms with Crippen molar-refractivity contribution in [3.8, 4) is 11.5 Å². The van der Waals surface area contributed by atoms with Gasteiger partial charge in [-0.1, -0.05) is 41.0 Å². The predicted molar refractivity (Wildman–Crippen MR) is 325 cm³/mol. The zero-order valence-corrected chi connectivity index (χ0v) is 50.7. The number of hydrogen-bond donors (Lipinski definition) is 8. The van der Waals surface area contributed by atoms with Crippen LogP contribution in [0.3, 0.4) is 0 Å². The number of H-pyrrole nitrogens is 1. The minimum Gasteiger partial charge on any atom is -0.493 e. The highest BCUT2D eigenvalue weighted by Gasteiger charge is 2.43. The largest absolute Gasteiger partial charge is 0.493 e. The molecule has 6 heterocycles. The molecule has 0 bridgehead atoms. The molecule has 3 aliphatic rings. The first-order valence-corrected chi connectivity index (χ1v) is 30.3. The summed E-state index contributed by atoms with van der Waals surface area (Å²) in [5, 5.41) is 47.6.